The Morgan fingerprint density at radius 3 is 1.73 bits per heavy atom. The summed E-state index contributed by atoms with van der Waals surface area (Å²) in [6.45, 7) is 0.149. The van der Waals surface area contributed by atoms with Crippen LogP contribution in [-0.4, -0.2) is 56.6 Å². The minimum atomic E-state index is -1.30. The molecule has 1 N–H and O–H groups in total. The van der Waals surface area contributed by atoms with Gasteiger partial charge in [-0.2, -0.15) is 0 Å². The average molecular weight is 544 g/mol. The zero-order chi connectivity index (χ0) is 28.5. The maximum absolute atomic E-state index is 12.0. The molecule has 0 atom stereocenters. The molecular weight excluding hydrogens is 514 g/mol. The highest BCUT2D eigenvalue weighted by atomic mass is 16.5. The molecule has 0 unspecified atom stereocenters. The fraction of sp³-hybridized carbons (Fsp3) is 0.194. The Balaban J connectivity index is 1.69. The predicted molar refractivity (Wildman–Crippen MR) is 146 cm³/mol. The number of aromatic carboxylic acids is 1. The van der Waals surface area contributed by atoms with Crippen LogP contribution in [0, 0.1) is 0 Å². The Kier molecular flexibility index (Phi) is 8.98. The zero-order valence-electron chi connectivity index (χ0n) is 22.3. The molecule has 1 aromatic heterocycles. The van der Waals surface area contributed by atoms with Crippen molar-refractivity contribution in [1.29, 1.82) is 0 Å². The molecule has 0 saturated heterocycles. The molecule has 0 fully saturated rings. The summed E-state index contributed by atoms with van der Waals surface area (Å²) in [5.74, 6) is -0.509. The molecule has 9 heteroatoms. The van der Waals surface area contributed by atoms with Gasteiger partial charge in [-0.15, -0.1) is 0 Å². The van der Waals surface area contributed by atoms with Crippen molar-refractivity contribution in [3.63, 3.8) is 0 Å². The fourth-order valence-corrected chi connectivity index (χ4v) is 4.34. The van der Waals surface area contributed by atoms with Gasteiger partial charge in [-0.05, 0) is 41.0 Å². The van der Waals surface area contributed by atoms with E-state index in [1.807, 2.05) is 78.9 Å². The van der Waals surface area contributed by atoms with Crippen molar-refractivity contribution >= 4 is 11.9 Å². The van der Waals surface area contributed by atoms with Crippen molar-refractivity contribution in [1.82, 2.24) is 4.98 Å². The van der Waals surface area contributed by atoms with Crippen molar-refractivity contribution in [2.24, 2.45) is 0 Å². The van der Waals surface area contributed by atoms with Crippen LogP contribution in [0.4, 0.5) is 0 Å². The Bertz CT molecular complexity index is 1390. The topological polar surface area (TPSA) is 113 Å². The van der Waals surface area contributed by atoms with Crippen LogP contribution >= 0.6 is 0 Å². The monoisotopic (exact) mass is 543 g/mol. The van der Waals surface area contributed by atoms with Crippen molar-refractivity contribution in [3.05, 3.63) is 119 Å². The first-order valence-corrected chi connectivity index (χ1v) is 12.4. The van der Waals surface area contributed by atoms with E-state index >= 15 is 0 Å². The van der Waals surface area contributed by atoms with Gasteiger partial charge in [-0.3, -0.25) is 0 Å². The number of carbonyl (C=O) groups is 2. The third kappa shape index (κ3) is 6.05. The lowest BCUT2D eigenvalue weighted by atomic mass is 9.80. The largest absolute Gasteiger partial charge is 0.497 e. The van der Waals surface area contributed by atoms with Gasteiger partial charge in [0, 0.05) is 12.1 Å². The highest BCUT2D eigenvalue weighted by molar-refractivity contribution is 5.91. The summed E-state index contributed by atoms with van der Waals surface area (Å²) in [5, 5.41) is 9.41. The van der Waals surface area contributed by atoms with Gasteiger partial charge in [-0.25, -0.2) is 14.6 Å². The molecule has 40 heavy (non-hydrogen) atoms. The van der Waals surface area contributed by atoms with Crippen LogP contribution < -0.4 is 14.2 Å². The first-order chi connectivity index (χ1) is 19.4. The number of esters is 1. The van der Waals surface area contributed by atoms with Gasteiger partial charge in [-0.1, -0.05) is 54.6 Å². The van der Waals surface area contributed by atoms with Crippen molar-refractivity contribution in [2.45, 2.75) is 5.60 Å². The molecule has 0 saturated carbocycles. The number of aromatic nitrogens is 1. The summed E-state index contributed by atoms with van der Waals surface area (Å²) in [6.07, 6.45) is 0. The second-order valence-corrected chi connectivity index (χ2v) is 8.57. The number of nitrogens with zero attached hydrogens (tertiary/aromatic N) is 1. The van der Waals surface area contributed by atoms with E-state index in [2.05, 4.69) is 9.72 Å². The van der Waals surface area contributed by atoms with Gasteiger partial charge in [0.15, 0.2) is 11.4 Å². The van der Waals surface area contributed by atoms with Crippen LogP contribution in [0.1, 0.15) is 37.7 Å². The van der Waals surface area contributed by atoms with E-state index in [4.69, 9.17) is 18.9 Å². The standard InChI is InChI=1S/C31H29NO8/c1-36-24-13-9-22(10-14-24)31(21-7-5-4-6-8-21,23-11-15-25(37-2)16-12-23)40-18-17-39-26-19-27(29(33)34)32-28(20-26)30(35)38-3/h4-16,19-20H,17-18H2,1-3H3,(H,33,34). The summed E-state index contributed by atoms with van der Waals surface area (Å²) >= 11 is 0. The molecular formula is C31H29NO8. The number of carbonyl (C=O) groups excluding carboxylic acids is 1. The van der Waals surface area contributed by atoms with Crippen LogP contribution in [0.2, 0.25) is 0 Å². The summed E-state index contributed by atoms with van der Waals surface area (Å²) in [4.78, 5) is 27.3. The van der Waals surface area contributed by atoms with Crippen molar-refractivity contribution in [3.8, 4) is 17.2 Å². The molecule has 0 aliphatic heterocycles. The molecule has 1 heterocycles. The number of methoxy groups -OCH3 is 3. The molecule has 0 aliphatic rings. The SMILES string of the molecule is COC(=O)c1cc(OCCOC(c2ccccc2)(c2ccc(OC)cc2)c2ccc(OC)cc2)cc(C(=O)O)n1. The molecule has 0 aliphatic carbocycles. The maximum atomic E-state index is 12.0. The fourth-order valence-electron chi connectivity index (χ4n) is 4.34. The van der Waals surface area contributed by atoms with Gasteiger partial charge >= 0.3 is 11.9 Å². The quantitative estimate of drug-likeness (QED) is 0.150. The minimum Gasteiger partial charge on any atom is -0.497 e. The van der Waals surface area contributed by atoms with Crippen LogP contribution in [-0.2, 0) is 15.1 Å². The average Bonchev–Trinajstić information content (AvgIpc) is 3.01. The summed E-state index contributed by atoms with van der Waals surface area (Å²) in [7, 11) is 4.40. The molecule has 0 amide bonds. The lowest BCUT2D eigenvalue weighted by Crippen LogP contribution is -2.34. The lowest BCUT2D eigenvalue weighted by molar-refractivity contribution is -0.00248. The number of benzene rings is 3. The summed E-state index contributed by atoms with van der Waals surface area (Å²) in [6, 6.07) is 27.6. The third-order valence-electron chi connectivity index (χ3n) is 6.26. The zero-order valence-corrected chi connectivity index (χ0v) is 22.3. The number of carboxylic acid groups (broad SMARTS) is 1. The molecule has 3 aromatic carbocycles. The molecule has 0 spiro atoms. The second-order valence-electron chi connectivity index (χ2n) is 8.57. The number of rotatable bonds is 12. The number of hydrogen-bond acceptors (Lipinski definition) is 8. The highest BCUT2D eigenvalue weighted by Gasteiger charge is 2.37. The van der Waals surface area contributed by atoms with Gasteiger partial charge in [0.25, 0.3) is 0 Å². The van der Waals surface area contributed by atoms with Gasteiger partial charge in [0.2, 0.25) is 0 Å². The van der Waals surface area contributed by atoms with E-state index in [0.29, 0.717) is 11.5 Å². The van der Waals surface area contributed by atoms with Gasteiger partial charge < -0.3 is 28.8 Å². The number of hydrogen-bond donors (Lipinski definition) is 1. The van der Waals surface area contributed by atoms with E-state index < -0.39 is 17.5 Å². The summed E-state index contributed by atoms with van der Waals surface area (Å²) in [5.41, 5.74) is 1.05. The smallest absolute Gasteiger partial charge is 0.356 e. The van der Waals surface area contributed by atoms with E-state index in [9.17, 15) is 14.7 Å². The Labute approximate surface area is 231 Å². The minimum absolute atomic E-state index is 0.0462. The molecule has 9 nitrogen and oxygen atoms in total. The molecule has 4 aromatic rings. The first kappa shape index (κ1) is 28.1. The van der Waals surface area contributed by atoms with Crippen LogP contribution in [0.25, 0.3) is 0 Å². The van der Waals surface area contributed by atoms with E-state index in [1.165, 1.54) is 19.2 Å². The van der Waals surface area contributed by atoms with Gasteiger partial charge in [0.1, 0.15) is 29.5 Å². The van der Waals surface area contributed by atoms with Gasteiger partial charge in [0.05, 0.1) is 27.9 Å². The van der Waals surface area contributed by atoms with Crippen LogP contribution in [0.15, 0.2) is 91.0 Å². The number of pyridine rings is 1. The predicted octanol–water partition coefficient (Wildman–Crippen LogP) is 4.97. The normalized spacial score (nSPS) is 11.0. The third-order valence-corrected chi connectivity index (χ3v) is 6.26. The highest BCUT2D eigenvalue weighted by Crippen LogP contribution is 2.41. The summed E-state index contributed by atoms with van der Waals surface area (Å²) < 4.78 is 28.0. The Morgan fingerprint density at radius 2 is 1.23 bits per heavy atom. The Morgan fingerprint density at radius 1 is 0.700 bits per heavy atom. The van der Waals surface area contributed by atoms with E-state index in [1.54, 1.807) is 14.2 Å². The Hall–Kier alpha value is -4.89. The molecule has 0 radical (unpaired) electrons. The van der Waals surface area contributed by atoms with Crippen LogP contribution in [0.3, 0.4) is 0 Å². The first-order valence-electron chi connectivity index (χ1n) is 12.4. The van der Waals surface area contributed by atoms with E-state index in [0.717, 1.165) is 16.7 Å². The molecule has 206 valence electrons. The number of ether oxygens (including phenoxy) is 5. The molecule has 4 rings (SSSR count). The number of carboxylic acids is 1. The molecule has 0 bridgehead atoms. The van der Waals surface area contributed by atoms with Crippen LogP contribution in [0.5, 0.6) is 17.2 Å². The van der Waals surface area contributed by atoms with Crippen molar-refractivity contribution < 1.29 is 38.4 Å². The second kappa shape index (κ2) is 12.8. The van der Waals surface area contributed by atoms with E-state index in [-0.39, 0.29) is 30.4 Å². The maximum Gasteiger partial charge on any atom is 0.356 e. The van der Waals surface area contributed by atoms with Crippen molar-refractivity contribution in [2.75, 3.05) is 34.5 Å². The lowest BCUT2D eigenvalue weighted by Gasteiger charge is -2.36.